The Morgan fingerprint density at radius 1 is 1.10 bits per heavy atom. The van der Waals surface area contributed by atoms with Crippen LogP contribution in [0.2, 0.25) is 5.02 Å². The van der Waals surface area contributed by atoms with Gasteiger partial charge in [0, 0.05) is 16.1 Å². The van der Waals surface area contributed by atoms with Crippen molar-refractivity contribution < 1.29 is 61.8 Å². The topological polar surface area (TPSA) is 62.5 Å². The van der Waals surface area contributed by atoms with Crippen LogP contribution in [0.5, 0.6) is 5.75 Å². The van der Waals surface area contributed by atoms with Gasteiger partial charge in [-0.15, -0.1) is 0 Å². The van der Waals surface area contributed by atoms with Gasteiger partial charge >= 0.3 is 35.7 Å². The van der Waals surface area contributed by atoms with E-state index in [0.717, 1.165) is 5.56 Å². The molecular formula is C22H17ClF3NaO4. The maximum Gasteiger partial charge on any atom is 1.00 e. The molecule has 0 aliphatic rings. The molecule has 0 bridgehead atoms. The fourth-order valence-corrected chi connectivity index (χ4v) is 3.18. The number of aryl methyl sites for hydroxylation is 3. The van der Waals surface area contributed by atoms with Gasteiger partial charge in [0.2, 0.25) is 5.76 Å². The van der Waals surface area contributed by atoms with Gasteiger partial charge in [-0.1, -0.05) is 23.7 Å². The molecule has 31 heavy (non-hydrogen) atoms. The summed E-state index contributed by atoms with van der Waals surface area (Å²) in [7, 11) is 0. The van der Waals surface area contributed by atoms with Crippen LogP contribution in [0.1, 0.15) is 22.5 Å². The number of ether oxygens (including phenoxy) is 1. The van der Waals surface area contributed by atoms with Gasteiger partial charge < -0.3 is 19.1 Å². The van der Waals surface area contributed by atoms with Crippen molar-refractivity contribution in [2.45, 2.75) is 25.9 Å². The fraction of sp³-hybridized carbons (Fsp3) is 0.227. The molecule has 3 aromatic rings. The van der Waals surface area contributed by atoms with Crippen LogP contribution in [0.15, 0.2) is 52.9 Å². The van der Waals surface area contributed by atoms with E-state index in [1.165, 1.54) is 6.07 Å². The van der Waals surface area contributed by atoms with E-state index in [1.54, 1.807) is 49.4 Å². The van der Waals surface area contributed by atoms with Gasteiger partial charge in [-0.2, -0.15) is 13.2 Å². The van der Waals surface area contributed by atoms with Crippen LogP contribution in [0.3, 0.4) is 0 Å². The van der Waals surface area contributed by atoms with E-state index in [0.29, 0.717) is 28.3 Å². The summed E-state index contributed by atoms with van der Waals surface area (Å²) in [5.41, 5.74) is 2.03. The van der Waals surface area contributed by atoms with E-state index in [4.69, 9.17) is 20.8 Å². The molecule has 0 spiro atoms. The molecule has 0 unspecified atom stereocenters. The number of furan rings is 1. The number of carbonyl (C=O) groups excluding carboxylic acids is 1. The molecule has 0 saturated carbocycles. The number of rotatable bonds is 7. The molecule has 9 heteroatoms. The maximum atomic E-state index is 13.4. The summed E-state index contributed by atoms with van der Waals surface area (Å²) < 4.78 is 50.6. The summed E-state index contributed by atoms with van der Waals surface area (Å²) >= 11 is 5.83. The molecule has 0 saturated heterocycles. The summed E-state index contributed by atoms with van der Waals surface area (Å²) in [4.78, 5) is 10.5. The quantitative estimate of drug-likeness (QED) is 0.505. The second-order valence-electron chi connectivity index (χ2n) is 6.73. The fourth-order valence-electron chi connectivity index (χ4n) is 3.06. The molecule has 4 nitrogen and oxygen atoms in total. The number of carboxylic acid groups (broad SMARTS) is 1. The molecule has 0 aliphatic heterocycles. The molecule has 0 radical (unpaired) electrons. The zero-order chi connectivity index (χ0) is 21.9. The number of halogens is 4. The van der Waals surface area contributed by atoms with Crippen LogP contribution in [0.25, 0.3) is 11.3 Å². The number of carboxylic acids is 1. The average molecular weight is 461 g/mol. The summed E-state index contributed by atoms with van der Waals surface area (Å²) in [6, 6.07) is 12.8. The Balaban J connectivity index is 0.00000341. The largest absolute Gasteiger partial charge is 1.00 e. The standard InChI is InChI=1S/C22H18ClF3O4.Na/c1-13-10-14(3-9-18(13)29-12-20(27)28)2-4-16-11-19(30-21(16)22(24,25)26)15-5-7-17(23)8-6-15;/h3,5-11H,2,4,12H2,1H3,(H,27,28);/q;+1/p-1. The maximum absolute atomic E-state index is 13.4. The first-order chi connectivity index (χ1) is 14.1. The van der Waals surface area contributed by atoms with Gasteiger partial charge in [-0.05, 0) is 67.3 Å². The SMILES string of the molecule is Cc1cc(CCc2cc(-c3ccc(Cl)cc3)oc2C(F)(F)F)ccc1OCC(=O)[O-].[Na+]. The number of alkyl halides is 3. The van der Waals surface area contributed by atoms with Gasteiger partial charge in [0.1, 0.15) is 18.1 Å². The zero-order valence-corrected chi connectivity index (χ0v) is 19.6. The van der Waals surface area contributed by atoms with E-state index < -0.39 is 24.5 Å². The summed E-state index contributed by atoms with van der Waals surface area (Å²) in [5, 5.41) is 11.0. The average Bonchev–Trinajstić information content (AvgIpc) is 3.11. The Bertz CT molecular complexity index is 1050. The number of carbonyl (C=O) groups is 1. The van der Waals surface area contributed by atoms with Crippen LogP contribution < -0.4 is 39.4 Å². The van der Waals surface area contributed by atoms with E-state index in [-0.39, 0.29) is 47.3 Å². The third-order valence-electron chi connectivity index (χ3n) is 4.46. The minimum Gasteiger partial charge on any atom is -0.546 e. The Kier molecular flexibility index (Phi) is 8.65. The van der Waals surface area contributed by atoms with E-state index in [9.17, 15) is 23.1 Å². The van der Waals surface area contributed by atoms with Gasteiger partial charge in [0.15, 0.2) is 0 Å². The van der Waals surface area contributed by atoms with Crippen LogP contribution >= 0.6 is 11.6 Å². The van der Waals surface area contributed by atoms with Crippen LogP contribution in [0.4, 0.5) is 13.2 Å². The van der Waals surface area contributed by atoms with E-state index >= 15 is 0 Å². The van der Waals surface area contributed by atoms with Gasteiger partial charge in [0.05, 0.1) is 5.97 Å². The molecule has 0 N–H and O–H groups in total. The third-order valence-corrected chi connectivity index (χ3v) is 4.72. The smallest absolute Gasteiger partial charge is 0.546 e. The van der Waals surface area contributed by atoms with E-state index in [2.05, 4.69) is 0 Å². The molecule has 0 aliphatic carbocycles. The van der Waals surface area contributed by atoms with Crippen LogP contribution in [0, 0.1) is 6.92 Å². The summed E-state index contributed by atoms with van der Waals surface area (Å²) in [5.74, 6) is -1.85. The molecule has 158 valence electrons. The molecule has 1 heterocycles. The van der Waals surface area contributed by atoms with Crippen molar-refractivity contribution in [1.82, 2.24) is 0 Å². The second kappa shape index (κ2) is 10.6. The molecular weight excluding hydrogens is 444 g/mol. The van der Waals surface area contributed by atoms with Crippen molar-refractivity contribution in [1.29, 1.82) is 0 Å². The van der Waals surface area contributed by atoms with Crippen molar-refractivity contribution in [3.05, 3.63) is 76.0 Å². The van der Waals surface area contributed by atoms with Crippen molar-refractivity contribution in [3.63, 3.8) is 0 Å². The molecule has 3 rings (SSSR count). The monoisotopic (exact) mass is 460 g/mol. The van der Waals surface area contributed by atoms with Crippen LogP contribution in [-0.4, -0.2) is 12.6 Å². The normalized spacial score (nSPS) is 11.1. The van der Waals surface area contributed by atoms with Gasteiger partial charge in [-0.25, -0.2) is 0 Å². The zero-order valence-electron chi connectivity index (χ0n) is 16.9. The first kappa shape index (κ1) is 25.3. The first-order valence-corrected chi connectivity index (χ1v) is 9.39. The third kappa shape index (κ3) is 6.77. The Morgan fingerprint density at radius 2 is 1.77 bits per heavy atom. The predicted octanol–water partition coefficient (Wildman–Crippen LogP) is 1.85. The first-order valence-electron chi connectivity index (χ1n) is 9.01. The van der Waals surface area contributed by atoms with Gasteiger partial charge in [-0.3, -0.25) is 0 Å². The van der Waals surface area contributed by atoms with Gasteiger partial charge in [0.25, 0.3) is 0 Å². The minimum absolute atomic E-state index is 0. The predicted molar refractivity (Wildman–Crippen MR) is 103 cm³/mol. The molecule has 1 aromatic heterocycles. The van der Waals surface area contributed by atoms with Crippen molar-refractivity contribution >= 4 is 17.6 Å². The molecule has 2 aromatic carbocycles. The number of hydrogen-bond acceptors (Lipinski definition) is 4. The number of benzene rings is 2. The van der Waals surface area contributed by atoms with E-state index in [1.807, 2.05) is 0 Å². The molecule has 0 amide bonds. The summed E-state index contributed by atoms with van der Waals surface area (Å²) in [6.45, 7) is 1.16. The Morgan fingerprint density at radius 3 is 2.35 bits per heavy atom. The number of hydrogen-bond donors (Lipinski definition) is 0. The number of aliphatic carboxylic acids is 1. The Labute approximate surface area is 204 Å². The van der Waals surface area contributed by atoms with Crippen molar-refractivity contribution in [2.75, 3.05) is 6.61 Å². The van der Waals surface area contributed by atoms with Crippen molar-refractivity contribution in [3.8, 4) is 17.1 Å². The summed E-state index contributed by atoms with van der Waals surface area (Å²) in [6.07, 6.45) is -4.16. The molecule has 0 atom stereocenters. The second-order valence-corrected chi connectivity index (χ2v) is 7.17. The van der Waals surface area contributed by atoms with Crippen molar-refractivity contribution in [2.24, 2.45) is 0 Å². The minimum atomic E-state index is -4.61. The van der Waals surface area contributed by atoms with Crippen LogP contribution in [-0.2, 0) is 23.8 Å². The Hall–Kier alpha value is -1.93. The molecule has 0 fully saturated rings.